The van der Waals surface area contributed by atoms with Gasteiger partial charge in [0.15, 0.2) is 6.23 Å². The summed E-state index contributed by atoms with van der Waals surface area (Å²) in [7, 11) is 0. The highest BCUT2D eigenvalue weighted by atomic mass is 35.5. The zero-order valence-electron chi connectivity index (χ0n) is 14.4. The first kappa shape index (κ1) is 18.1. The van der Waals surface area contributed by atoms with Gasteiger partial charge in [0.05, 0.1) is 0 Å². The van der Waals surface area contributed by atoms with E-state index >= 15 is 0 Å². The Hall–Kier alpha value is -2.20. The number of rotatable bonds is 5. The van der Waals surface area contributed by atoms with Crippen LogP contribution < -0.4 is 9.64 Å². The highest BCUT2D eigenvalue weighted by Crippen LogP contribution is 2.22. The van der Waals surface area contributed by atoms with Crippen molar-refractivity contribution in [3.8, 4) is 5.75 Å². The number of carbonyl (C=O) groups is 1. The van der Waals surface area contributed by atoms with Gasteiger partial charge >= 0.3 is 6.16 Å². The van der Waals surface area contributed by atoms with Crippen molar-refractivity contribution in [3.63, 3.8) is 0 Å². The zero-order valence-corrected chi connectivity index (χ0v) is 15.1. The quantitative estimate of drug-likeness (QED) is 0.415. The first-order valence-corrected chi connectivity index (χ1v) is 8.26. The number of hydrogen-bond acceptors (Lipinski definition) is 4. The second kappa shape index (κ2) is 8.06. The first-order valence-electron chi connectivity index (χ1n) is 7.88. The Morgan fingerprint density at radius 1 is 1.17 bits per heavy atom. The molecule has 128 valence electrons. The standard InChI is InChI=1S/C19H22ClNO3/c1-5-21(17-8-6-7-16(20)12-17)15(4)23-19(22)24-18-10-13(2)9-14(3)11-18/h6-12,15H,5H2,1-4H3. The Morgan fingerprint density at radius 2 is 1.83 bits per heavy atom. The van der Waals surface area contributed by atoms with Gasteiger partial charge in [-0.1, -0.05) is 23.7 Å². The lowest BCUT2D eigenvalue weighted by atomic mass is 10.1. The summed E-state index contributed by atoms with van der Waals surface area (Å²) in [5.74, 6) is 0.482. The molecule has 5 heteroatoms. The molecule has 0 spiro atoms. The summed E-state index contributed by atoms with van der Waals surface area (Å²) in [6.07, 6.45) is -1.21. The van der Waals surface area contributed by atoms with Crippen LogP contribution in [0.4, 0.5) is 10.5 Å². The Bertz CT molecular complexity index is 697. The fraction of sp³-hybridized carbons (Fsp3) is 0.316. The van der Waals surface area contributed by atoms with Crippen molar-refractivity contribution in [2.75, 3.05) is 11.4 Å². The Balaban J connectivity index is 2.04. The van der Waals surface area contributed by atoms with Crippen molar-refractivity contribution in [1.29, 1.82) is 0 Å². The number of carbonyl (C=O) groups excluding carboxylic acids is 1. The molecule has 0 aromatic heterocycles. The van der Waals surface area contributed by atoms with Gasteiger partial charge in [-0.2, -0.15) is 0 Å². The summed E-state index contributed by atoms with van der Waals surface area (Å²) in [5.41, 5.74) is 2.94. The average molecular weight is 348 g/mol. The van der Waals surface area contributed by atoms with Crippen LogP contribution in [0.25, 0.3) is 0 Å². The minimum Gasteiger partial charge on any atom is -0.410 e. The van der Waals surface area contributed by atoms with E-state index in [4.69, 9.17) is 21.1 Å². The number of hydrogen-bond donors (Lipinski definition) is 0. The van der Waals surface area contributed by atoms with Crippen LogP contribution in [-0.2, 0) is 4.74 Å². The second-order valence-electron chi connectivity index (χ2n) is 5.66. The highest BCUT2D eigenvalue weighted by molar-refractivity contribution is 6.30. The molecule has 0 radical (unpaired) electrons. The molecule has 24 heavy (non-hydrogen) atoms. The van der Waals surface area contributed by atoms with Gasteiger partial charge in [-0.3, -0.25) is 0 Å². The molecule has 2 aromatic rings. The van der Waals surface area contributed by atoms with Gasteiger partial charge in [-0.05, 0) is 69.2 Å². The summed E-state index contributed by atoms with van der Waals surface area (Å²) < 4.78 is 10.7. The lowest BCUT2D eigenvalue weighted by Crippen LogP contribution is -2.37. The molecule has 0 saturated carbocycles. The highest BCUT2D eigenvalue weighted by Gasteiger charge is 2.19. The van der Waals surface area contributed by atoms with Crippen LogP contribution in [0.15, 0.2) is 42.5 Å². The molecule has 0 heterocycles. The molecule has 0 aliphatic carbocycles. The Kier molecular flexibility index (Phi) is 6.10. The van der Waals surface area contributed by atoms with E-state index < -0.39 is 12.4 Å². The largest absolute Gasteiger partial charge is 0.515 e. The van der Waals surface area contributed by atoms with E-state index in [1.165, 1.54) is 0 Å². The van der Waals surface area contributed by atoms with E-state index in [1.54, 1.807) is 25.1 Å². The van der Waals surface area contributed by atoms with Gasteiger partial charge in [-0.25, -0.2) is 4.79 Å². The minimum atomic E-state index is -0.729. The Labute approximate surface area is 147 Å². The zero-order chi connectivity index (χ0) is 17.7. The summed E-state index contributed by atoms with van der Waals surface area (Å²) in [6.45, 7) is 8.35. The van der Waals surface area contributed by atoms with E-state index in [0.717, 1.165) is 16.8 Å². The third kappa shape index (κ3) is 4.90. The van der Waals surface area contributed by atoms with E-state index in [0.29, 0.717) is 17.3 Å². The minimum absolute atomic E-state index is 0.480. The monoisotopic (exact) mass is 347 g/mol. The molecule has 0 N–H and O–H groups in total. The van der Waals surface area contributed by atoms with Crippen LogP contribution >= 0.6 is 11.6 Å². The molecule has 0 bridgehead atoms. The van der Waals surface area contributed by atoms with E-state index in [-0.39, 0.29) is 0 Å². The second-order valence-corrected chi connectivity index (χ2v) is 6.09. The number of anilines is 1. The van der Waals surface area contributed by atoms with Crippen LogP contribution in [0, 0.1) is 13.8 Å². The fourth-order valence-corrected chi connectivity index (χ4v) is 2.80. The third-order valence-corrected chi connectivity index (χ3v) is 3.82. The average Bonchev–Trinajstić information content (AvgIpc) is 2.46. The molecule has 0 saturated heterocycles. The van der Waals surface area contributed by atoms with Crippen LogP contribution in [0.1, 0.15) is 25.0 Å². The third-order valence-electron chi connectivity index (χ3n) is 3.58. The molecule has 4 nitrogen and oxygen atoms in total. The van der Waals surface area contributed by atoms with Crippen molar-refractivity contribution < 1.29 is 14.3 Å². The van der Waals surface area contributed by atoms with Crippen LogP contribution in [0.2, 0.25) is 5.02 Å². The molecule has 0 aliphatic rings. The molecule has 2 aromatic carbocycles. The summed E-state index contributed by atoms with van der Waals surface area (Å²) in [5, 5.41) is 0.635. The Morgan fingerprint density at radius 3 is 2.42 bits per heavy atom. The lowest BCUT2D eigenvalue weighted by Gasteiger charge is -2.29. The molecule has 0 amide bonds. The van der Waals surface area contributed by atoms with E-state index in [2.05, 4.69) is 0 Å². The van der Waals surface area contributed by atoms with Crippen LogP contribution in [0.3, 0.4) is 0 Å². The predicted octanol–water partition coefficient (Wildman–Crippen LogP) is 5.34. The molecule has 0 fully saturated rings. The smallest absolute Gasteiger partial charge is 0.410 e. The predicted molar refractivity (Wildman–Crippen MR) is 97.0 cm³/mol. The molecule has 1 unspecified atom stereocenters. The topological polar surface area (TPSA) is 38.8 Å². The normalized spacial score (nSPS) is 11.7. The first-order chi connectivity index (χ1) is 11.4. The lowest BCUT2D eigenvalue weighted by molar-refractivity contribution is 0.0645. The van der Waals surface area contributed by atoms with Gasteiger partial charge in [0, 0.05) is 17.3 Å². The summed E-state index contributed by atoms with van der Waals surface area (Å²) in [4.78, 5) is 14.0. The molecule has 0 aliphatic heterocycles. The molecule has 2 rings (SSSR count). The van der Waals surface area contributed by atoms with Crippen molar-refractivity contribution in [1.82, 2.24) is 0 Å². The van der Waals surface area contributed by atoms with Crippen molar-refractivity contribution in [2.24, 2.45) is 0 Å². The number of ether oxygens (including phenoxy) is 2. The van der Waals surface area contributed by atoms with E-state index in [9.17, 15) is 4.79 Å². The van der Waals surface area contributed by atoms with Gasteiger partial charge < -0.3 is 14.4 Å². The maximum Gasteiger partial charge on any atom is 0.515 e. The fourth-order valence-electron chi connectivity index (χ4n) is 2.62. The van der Waals surface area contributed by atoms with Crippen molar-refractivity contribution in [3.05, 3.63) is 58.6 Å². The van der Waals surface area contributed by atoms with Crippen molar-refractivity contribution >= 4 is 23.4 Å². The number of benzene rings is 2. The number of aryl methyl sites for hydroxylation is 2. The number of nitrogens with zero attached hydrogens (tertiary/aromatic N) is 1. The maximum absolute atomic E-state index is 12.1. The van der Waals surface area contributed by atoms with Crippen LogP contribution in [-0.4, -0.2) is 18.9 Å². The van der Waals surface area contributed by atoms with E-state index in [1.807, 2.05) is 49.9 Å². The van der Waals surface area contributed by atoms with Gasteiger partial charge in [0.1, 0.15) is 5.75 Å². The summed E-state index contributed by atoms with van der Waals surface area (Å²) >= 11 is 6.03. The molecule has 1 atom stereocenters. The number of halogens is 1. The maximum atomic E-state index is 12.1. The van der Waals surface area contributed by atoms with Gasteiger partial charge in [0.2, 0.25) is 0 Å². The molecular weight excluding hydrogens is 326 g/mol. The van der Waals surface area contributed by atoms with Gasteiger partial charge in [0.25, 0.3) is 0 Å². The molecular formula is C19H22ClNO3. The van der Waals surface area contributed by atoms with Crippen LogP contribution in [0.5, 0.6) is 5.75 Å². The SMILES string of the molecule is CCN(c1cccc(Cl)c1)C(C)OC(=O)Oc1cc(C)cc(C)c1. The van der Waals surface area contributed by atoms with Gasteiger partial charge in [-0.15, -0.1) is 0 Å². The van der Waals surface area contributed by atoms with Crippen molar-refractivity contribution in [2.45, 2.75) is 33.9 Å². The summed E-state index contributed by atoms with van der Waals surface area (Å²) in [6, 6.07) is 13.0.